The molecule has 0 saturated heterocycles. The molecule has 0 bridgehead atoms. The van der Waals surface area contributed by atoms with E-state index in [0.717, 1.165) is 28.9 Å². The molecule has 0 fully saturated rings. The first-order chi connectivity index (χ1) is 8.06. The van der Waals surface area contributed by atoms with Gasteiger partial charge in [0.1, 0.15) is 5.75 Å². The molecule has 0 saturated carbocycles. The van der Waals surface area contributed by atoms with E-state index in [1.54, 1.807) is 6.08 Å². The fraction of sp³-hybridized carbons (Fsp3) is 0.357. The molecule has 0 radical (unpaired) electrons. The summed E-state index contributed by atoms with van der Waals surface area (Å²) in [6.07, 6.45) is 2.88. The number of benzene rings is 1. The van der Waals surface area contributed by atoms with E-state index in [4.69, 9.17) is 16.3 Å². The zero-order valence-electron chi connectivity index (χ0n) is 10.0. The van der Waals surface area contributed by atoms with Crippen molar-refractivity contribution in [2.75, 3.05) is 6.61 Å². The molecule has 2 nitrogen and oxygen atoms in total. The maximum Gasteiger partial charge on any atom is 0.160 e. The van der Waals surface area contributed by atoms with Gasteiger partial charge in [0.05, 0.1) is 6.61 Å². The van der Waals surface area contributed by atoms with Crippen LogP contribution in [0.3, 0.4) is 0 Å². The molecule has 0 aromatic heterocycles. The predicted octanol–water partition coefficient (Wildman–Crippen LogP) is 3.35. The van der Waals surface area contributed by atoms with Gasteiger partial charge in [0.15, 0.2) is 5.78 Å². The van der Waals surface area contributed by atoms with Crippen LogP contribution >= 0.6 is 11.6 Å². The number of carbonyl (C=O) groups excluding carboxylic acids is 1. The van der Waals surface area contributed by atoms with Crippen LogP contribution in [0, 0.1) is 0 Å². The summed E-state index contributed by atoms with van der Waals surface area (Å²) in [7, 11) is 0. The molecule has 0 amide bonds. The Balaban J connectivity index is 2.27. The molecule has 1 aromatic rings. The SMILES string of the molecule is CC(C)=CC(=O)Cc1cc(Cl)cc2c1OCC2. The highest BCUT2D eigenvalue weighted by Crippen LogP contribution is 2.33. The topological polar surface area (TPSA) is 26.3 Å². The highest BCUT2D eigenvalue weighted by molar-refractivity contribution is 6.30. The number of hydrogen-bond acceptors (Lipinski definition) is 2. The van der Waals surface area contributed by atoms with Crippen LogP contribution in [0.1, 0.15) is 25.0 Å². The molecule has 0 unspecified atom stereocenters. The summed E-state index contributed by atoms with van der Waals surface area (Å²) < 4.78 is 5.56. The lowest BCUT2D eigenvalue weighted by molar-refractivity contribution is -0.114. The molecular weight excluding hydrogens is 236 g/mol. The summed E-state index contributed by atoms with van der Waals surface area (Å²) >= 11 is 6.04. The molecule has 3 heteroatoms. The molecule has 0 atom stereocenters. The Bertz CT molecular complexity index is 485. The number of ketones is 1. The minimum absolute atomic E-state index is 0.0879. The molecule has 0 spiro atoms. The van der Waals surface area contributed by atoms with E-state index in [0.29, 0.717) is 18.1 Å². The zero-order chi connectivity index (χ0) is 12.4. The molecule has 1 heterocycles. The maximum absolute atomic E-state index is 11.8. The van der Waals surface area contributed by atoms with Crippen molar-refractivity contribution in [1.82, 2.24) is 0 Å². The highest BCUT2D eigenvalue weighted by atomic mass is 35.5. The molecule has 17 heavy (non-hydrogen) atoms. The van der Waals surface area contributed by atoms with Gasteiger partial charge in [0, 0.05) is 23.4 Å². The lowest BCUT2D eigenvalue weighted by Gasteiger charge is -2.07. The van der Waals surface area contributed by atoms with Gasteiger partial charge in [-0.3, -0.25) is 4.79 Å². The third-order valence-corrected chi connectivity index (χ3v) is 2.86. The van der Waals surface area contributed by atoms with Crippen LogP contribution in [-0.2, 0) is 17.6 Å². The van der Waals surface area contributed by atoms with Crippen molar-refractivity contribution in [3.63, 3.8) is 0 Å². The second kappa shape index (κ2) is 4.92. The van der Waals surface area contributed by atoms with E-state index in [-0.39, 0.29) is 5.78 Å². The van der Waals surface area contributed by atoms with E-state index in [9.17, 15) is 4.79 Å². The summed E-state index contributed by atoms with van der Waals surface area (Å²) in [5.74, 6) is 0.940. The highest BCUT2D eigenvalue weighted by Gasteiger charge is 2.18. The monoisotopic (exact) mass is 250 g/mol. The lowest BCUT2D eigenvalue weighted by Crippen LogP contribution is -2.01. The Morgan fingerprint density at radius 1 is 1.47 bits per heavy atom. The number of hydrogen-bond donors (Lipinski definition) is 0. The number of allylic oxidation sites excluding steroid dienone is 2. The molecule has 90 valence electrons. The molecular formula is C14H15ClO2. The van der Waals surface area contributed by atoms with Gasteiger partial charge < -0.3 is 4.74 Å². The van der Waals surface area contributed by atoms with Gasteiger partial charge in [-0.1, -0.05) is 17.2 Å². The van der Waals surface area contributed by atoms with Crippen LogP contribution in [0.5, 0.6) is 5.75 Å². The average molecular weight is 251 g/mol. The van der Waals surface area contributed by atoms with Crippen molar-refractivity contribution in [2.45, 2.75) is 26.7 Å². The fourth-order valence-electron chi connectivity index (χ4n) is 2.04. The first-order valence-corrected chi connectivity index (χ1v) is 6.06. The van der Waals surface area contributed by atoms with Gasteiger partial charge in [-0.2, -0.15) is 0 Å². The van der Waals surface area contributed by atoms with E-state index < -0.39 is 0 Å². The Labute approximate surface area is 106 Å². The van der Waals surface area contributed by atoms with Crippen molar-refractivity contribution in [3.8, 4) is 5.75 Å². The lowest BCUT2D eigenvalue weighted by atomic mass is 10.0. The molecule has 1 aliphatic heterocycles. The standard InChI is InChI=1S/C14H15ClO2/c1-9(2)5-13(16)8-11-7-12(15)6-10-3-4-17-14(10)11/h5-7H,3-4,8H2,1-2H3. The van der Waals surface area contributed by atoms with Gasteiger partial charge in [0.25, 0.3) is 0 Å². The number of fused-ring (bicyclic) bond motifs is 1. The zero-order valence-corrected chi connectivity index (χ0v) is 10.8. The summed E-state index contributed by atoms with van der Waals surface area (Å²) in [5.41, 5.74) is 3.01. The van der Waals surface area contributed by atoms with Gasteiger partial charge in [0.2, 0.25) is 0 Å². The third kappa shape index (κ3) is 2.89. The molecule has 0 aliphatic carbocycles. The molecule has 1 aliphatic rings. The van der Waals surface area contributed by atoms with Crippen molar-refractivity contribution >= 4 is 17.4 Å². The van der Waals surface area contributed by atoms with Crippen molar-refractivity contribution < 1.29 is 9.53 Å². The average Bonchev–Trinajstić information content (AvgIpc) is 2.63. The number of ether oxygens (including phenoxy) is 1. The number of rotatable bonds is 3. The molecule has 2 rings (SSSR count). The van der Waals surface area contributed by atoms with Crippen LogP contribution in [0.15, 0.2) is 23.8 Å². The summed E-state index contributed by atoms with van der Waals surface area (Å²) in [5, 5.41) is 0.675. The summed E-state index contributed by atoms with van der Waals surface area (Å²) in [6, 6.07) is 3.74. The van der Waals surface area contributed by atoms with Gasteiger partial charge in [-0.15, -0.1) is 0 Å². The van der Waals surface area contributed by atoms with Crippen LogP contribution in [0.25, 0.3) is 0 Å². The molecule has 1 aromatic carbocycles. The smallest absolute Gasteiger partial charge is 0.160 e. The first-order valence-electron chi connectivity index (χ1n) is 5.68. The Kier molecular flexibility index (Phi) is 3.53. The van der Waals surface area contributed by atoms with Crippen molar-refractivity contribution in [2.24, 2.45) is 0 Å². The third-order valence-electron chi connectivity index (χ3n) is 2.64. The Morgan fingerprint density at radius 2 is 2.24 bits per heavy atom. The van der Waals surface area contributed by atoms with E-state index in [1.165, 1.54) is 0 Å². The van der Waals surface area contributed by atoms with Gasteiger partial charge in [-0.05, 0) is 37.6 Å². The van der Waals surface area contributed by atoms with Crippen LogP contribution in [-0.4, -0.2) is 12.4 Å². The van der Waals surface area contributed by atoms with Crippen LogP contribution < -0.4 is 4.74 Å². The molecule has 0 N–H and O–H groups in total. The van der Waals surface area contributed by atoms with Crippen LogP contribution in [0.4, 0.5) is 0 Å². The van der Waals surface area contributed by atoms with Gasteiger partial charge >= 0.3 is 0 Å². The quantitative estimate of drug-likeness (QED) is 0.769. The summed E-state index contributed by atoms with van der Waals surface area (Å²) in [6.45, 7) is 4.51. The Hall–Kier alpha value is -1.28. The summed E-state index contributed by atoms with van der Waals surface area (Å²) in [4.78, 5) is 11.8. The van der Waals surface area contributed by atoms with E-state index >= 15 is 0 Å². The Morgan fingerprint density at radius 3 is 2.94 bits per heavy atom. The predicted molar refractivity (Wildman–Crippen MR) is 68.8 cm³/mol. The number of halogens is 1. The largest absolute Gasteiger partial charge is 0.493 e. The first kappa shape index (κ1) is 12.2. The van der Waals surface area contributed by atoms with Crippen molar-refractivity contribution in [1.29, 1.82) is 0 Å². The fourth-order valence-corrected chi connectivity index (χ4v) is 2.30. The van der Waals surface area contributed by atoms with Crippen molar-refractivity contribution in [3.05, 3.63) is 39.9 Å². The number of carbonyl (C=O) groups is 1. The minimum atomic E-state index is 0.0879. The minimum Gasteiger partial charge on any atom is -0.493 e. The second-order valence-corrected chi connectivity index (χ2v) is 4.95. The van der Waals surface area contributed by atoms with Gasteiger partial charge in [-0.25, -0.2) is 0 Å². The van der Waals surface area contributed by atoms with Crippen LogP contribution in [0.2, 0.25) is 5.02 Å². The maximum atomic E-state index is 11.8. The second-order valence-electron chi connectivity index (χ2n) is 4.52. The van der Waals surface area contributed by atoms with E-state index in [2.05, 4.69) is 0 Å². The van der Waals surface area contributed by atoms with E-state index in [1.807, 2.05) is 26.0 Å². The normalized spacial score (nSPS) is 12.9.